The Morgan fingerprint density at radius 3 is 2.81 bits per heavy atom. The molecule has 0 radical (unpaired) electrons. The SMILES string of the molecule is CCOc1cc(/C=C2\SC(=S)N(CCC(=O)NCC(=O)O)C2=O)ccc1O. The molecule has 10 heteroatoms. The van der Waals surface area contributed by atoms with Crippen LogP contribution in [0, 0.1) is 0 Å². The van der Waals surface area contributed by atoms with Gasteiger partial charge in [-0.15, -0.1) is 0 Å². The molecular formula is C17H18N2O6S2. The van der Waals surface area contributed by atoms with Crippen LogP contribution in [-0.2, 0) is 14.4 Å². The van der Waals surface area contributed by atoms with E-state index in [1.807, 2.05) is 0 Å². The number of aromatic hydroxyl groups is 1. The van der Waals surface area contributed by atoms with Crippen molar-refractivity contribution in [2.24, 2.45) is 0 Å². The van der Waals surface area contributed by atoms with E-state index in [-0.39, 0.29) is 24.6 Å². The van der Waals surface area contributed by atoms with Crippen molar-refractivity contribution in [3.05, 3.63) is 28.7 Å². The largest absolute Gasteiger partial charge is 0.504 e. The Labute approximate surface area is 165 Å². The lowest BCUT2D eigenvalue weighted by molar-refractivity contribution is -0.138. The molecule has 2 rings (SSSR count). The van der Waals surface area contributed by atoms with Crippen LogP contribution in [0.4, 0.5) is 0 Å². The van der Waals surface area contributed by atoms with Gasteiger partial charge in [0.1, 0.15) is 10.9 Å². The van der Waals surface area contributed by atoms with Crippen molar-refractivity contribution in [1.29, 1.82) is 0 Å². The van der Waals surface area contributed by atoms with E-state index in [0.717, 1.165) is 11.8 Å². The van der Waals surface area contributed by atoms with Crippen LogP contribution >= 0.6 is 24.0 Å². The zero-order valence-corrected chi connectivity index (χ0v) is 16.1. The van der Waals surface area contributed by atoms with Crippen molar-refractivity contribution in [1.82, 2.24) is 10.2 Å². The molecule has 27 heavy (non-hydrogen) atoms. The zero-order chi connectivity index (χ0) is 20.0. The quantitative estimate of drug-likeness (QED) is 0.437. The molecule has 0 aromatic heterocycles. The number of benzene rings is 1. The molecule has 0 saturated carbocycles. The van der Waals surface area contributed by atoms with Crippen LogP contribution in [0.5, 0.6) is 11.5 Å². The average Bonchev–Trinajstić information content (AvgIpc) is 2.87. The summed E-state index contributed by atoms with van der Waals surface area (Å²) < 4.78 is 5.64. The number of hydrogen-bond donors (Lipinski definition) is 3. The lowest BCUT2D eigenvalue weighted by Gasteiger charge is -2.13. The molecule has 1 heterocycles. The Morgan fingerprint density at radius 1 is 1.41 bits per heavy atom. The Balaban J connectivity index is 2.04. The molecule has 0 atom stereocenters. The smallest absolute Gasteiger partial charge is 0.322 e. The van der Waals surface area contributed by atoms with E-state index in [1.165, 1.54) is 11.0 Å². The number of hydrogen-bond acceptors (Lipinski definition) is 7. The minimum Gasteiger partial charge on any atom is -0.504 e. The summed E-state index contributed by atoms with van der Waals surface area (Å²) in [5.41, 5.74) is 0.663. The molecule has 1 aromatic rings. The zero-order valence-electron chi connectivity index (χ0n) is 14.4. The minimum atomic E-state index is -1.14. The van der Waals surface area contributed by atoms with Crippen LogP contribution in [0.2, 0.25) is 0 Å². The highest BCUT2D eigenvalue weighted by atomic mass is 32.2. The number of thiocarbonyl (C=S) groups is 1. The van der Waals surface area contributed by atoms with Crippen molar-refractivity contribution < 1.29 is 29.3 Å². The third kappa shape index (κ3) is 5.69. The van der Waals surface area contributed by atoms with Gasteiger partial charge in [0.2, 0.25) is 5.91 Å². The summed E-state index contributed by atoms with van der Waals surface area (Å²) in [6.45, 7) is 1.78. The van der Waals surface area contributed by atoms with Gasteiger partial charge in [0.25, 0.3) is 5.91 Å². The number of ether oxygens (including phenoxy) is 1. The maximum atomic E-state index is 12.5. The fourth-order valence-electron chi connectivity index (χ4n) is 2.21. The highest BCUT2D eigenvalue weighted by Crippen LogP contribution is 2.34. The van der Waals surface area contributed by atoms with E-state index in [9.17, 15) is 19.5 Å². The number of carbonyl (C=O) groups is 3. The third-order valence-corrected chi connectivity index (χ3v) is 4.83. The van der Waals surface area contributed by atoms with E-state index >= 15 is 0 Å². The van der Waals surface area contributed by atoms with Crippen molar-refractivity contribution in [2.75, 3.05) is 19.7 Å². The maximum absolute atomic E-state index is 12.5. The number of carbonyl (C=O) groups excluding carboxylic acids is 2. The molecule has 1 fully saturated rings. The average molecular weight is 410 g/mol. The molecule has 8 nitrogen and oxygen atoms in total. The van der Waals surface area contributed by atoms with Crippen molar-refractivity contribution in [2.45, 2.75) is 13.3 Å². The normalized spacial score (nSPS) is 15.3. The first-order valence-electron chi connectivity index (χ1n) is 8.01. The van der Waals surface area contributed by atoms with Crippen LogP contribution in [0.25, 0.3) is 6.08 Å². The fourth-order valence-corrected chi connectivity index (χ4v) is 3.52. The van der Waals surface area contributed by atoms with Crippen LogP contribution in [0.15, 0.2) is 23.1 Å². The number of nitrogens with one attached hydrogen (secondary N) is 1. The van der Waals surface area contributed by atoms with Crippen LogP contribution in [0.1, 0.15) is 18.9 Å². The van der Waals surface area contributed by atoms with E-state index in [1.54, 1.807) is 25.1 Å². The molecular weight excluding hydrogens is 392 g/mol. The number of carboxylic acid groups (broad SMARTS) is 1. The van der Waals surface area contributed by atoms with Crippen molar-refractivity contribution >= 4 is 52.2 Å². The van der Waals surface area contributed by atoms with Gasteiger partial charge >= 0.3 is 5.97 Å². The number of carboxylic acids is 1. The van der Waals surface area contributed by atoms with E-state index in [2.05, 4.69) is 5.32 Å². The molecule has 0 bridgehead atoms. The Morgan fingerprint density at radius 2 is 2.15 bits per heavy atom. The number of nitrogens with zero attached hydrogens (tertiary/aromatic N) is 1. The van der Waals surface area contributed by atoms with Crippen molar-refractivity contribution in [3.63, 3.8) is 0 Å². The summed E-state index contributed by atoms with van der Waals surface area (Å²) in [7, 11) is 0. The summed E-state index contributed by atoms with van der Waals surface area (Å²) in [5.74, 6) is -1.62. The number of phenolic OH excluding ortho intramolecular Hbond substituents is 1. The summed E-state index contributed by atoms with van der Waals surface area (Å²) in [4.78, 5) is 36.3. The lowest BCUT2D eigenvalue weighted by Crippen LogP contribution is -2.35. The number of thioether (sulfide) groups is 1. The molecule has 1 saturated heterocycles. The highest BCUT2D eigenvalue weighted by Gasteiger charge is 2.32. The Hall–Kier alpha value is -2.59. The van der Waals surface area contributed by atoms with Gasteiger partial charge in [0, 0.05) is 13.0 Å². The third-order valence-electron chi connectivity index (χ3n) is 3.45. The fraction of sp³-hybridized carbons (Fsp3) is 0.294. The monoisotopic (exact) mass is 410 g/mol. The Kier molecular flexibility index (Phi) is 7.19. The van der Waals surface area contributed by atoms with Crippen molar-refractivity contribution in [3.8, 4) is 11.5 Å². The number of phenols is 1. The van der Waals surface area contributed by atoms with E-state index in [0.29, 0.717) is 27.1 Å². The van der Waals surface area contributed by atoms with Gasteiger partial charge in [-0.3, -0.25) is 19.3 Å². The second kappa shape index (κ2) is 9.38. The van der Waals surface area contributed by atoms with Crippen LogP contribution < -0.4 is 10.1 Å². The van der Waals surface area contributed by atoms with Crippen LogP contribution in [-0.4, -0.2) is 56.9 Å². The molecule has 0 unspecified atom stereocenters. The topological polar surface area (TPSA) is 116 Å². The van der Waals surface area contributed by atoms with Crippen LogP contribution in [0.3, 0.4) is 0 Å². The van der Waals surface area contributed by atoms with E-state index < -0.39 is 18.4 Å². The number of amides is 2. The predicted octanol–water partition coefficient (Wildman–Crippen LogP) is 1.58. The number of rotatable bonds is 8. The van der Waals surface area contributed by atoms with Gasteiger partial charge in [-0.1, -0.05) is 30.0 Å². The molecule has 1 aliphatic rings. The predicted molar refractivity (Wildman–Crippen MR) is 104 cm³/mol. The summed E-state index contributed by atoms with van der Waals surface area (Å²) in [6.07, 6.45) is 1.58. The molecule has 0 spiro atoms. The Bertz CT molecular complexity index is 809. The lowest BCUT2D eigenvalue weighted by atomic mass is 10.2. The molecule has 2 amide bonds. The molecule has 144 valence electrons. The summed E-state index contributed by atoms with van der Waals surface area (Å²) in [6, 6.07) is 4.73. The highest BCUT2D eigenvalue weighted by molar-refractivity contribution is 8.26. The molecule has 1 aliphatic heterocycles. The second-order valence-corrected chi connectivity index (χ2v) is 7.09. The minimum absolute atomic E-state index is 0.00826. The molecule has 1 aromatic carbocycles. The standard InChI is InChI=1S/C17H18N2O6S2/c1-2-25-12-7-10(3-4-11(12)20)8-13-16(24)19(17(26)27-13)6-5-14(21)18-9-15(22)23/h3-4,7-8,20H,2,5-6,9H2,1H3,(H,18,21)(H,22,23)/b13-8-. The molecule has 0 aliphatic carbocycles. The maximum Gasteiger partial charge on any atom is 0.322 e. The second-order valence-electron chi connectivity index (χ2n) is 5.41. The number of aliphatic carboxylic acids is 1. The molecule has 3 N–H and O–H groups in total. The first kappa shape index (κ1) is 20.7. The first-order chi connectivity index (χ1) is 12.8. The van der Waals surface area contributed by atoms with Gasteiger partial charge in [-0.2, -0.15) is 0 Å². The first-order valence-corrected chi connectivity index (χ1v) is 9.24. The van der Waals surface area contributed by atoms with Gasteiger partial charge in [0.05, 0.1) is 11.5 Å². The van der Waals surface area contributed by atoms with Gasteiger partial charge in [0.15, 0.2) is 11.5 Å². The van der Waals surface area contributed by atoms with Gasteiger partial charge in [-0.25, -0.2) is 0 Å². The van der Waals surface area contributed by atoms with Gasteiger partial charge < -0.3 is 20.3 Å². The van der Waals surface area contributed by atoms with Gasteiger partial charge in [-0.05, 0) is 30.7 Å². The summed E-state index contributed by atoms with van der Waals surface area (Å²) >= 11 is 6.30. The summed E-state index contributed by atoms with van der Waals surface area (Å²) in [5, 5.41) is 20.5. The van der Waals surface area contributed by atoms with E-state index in [4.69, 9.17) is 22.1 Å².